The van der Waals surface area contributed by atoms with Crippen LogP contribution in [0.3, 0.4) is 0 Å². The van der Waals surface area contributed by atoms with E-state index in [1.54, 1.807) is 24.3 Å². The van der Waals surface area contributed by atoms with Crippen LogP contribution < -0.4 is 16.0 Å². The van der Waals surface area contributed by atoms with Gasteiger partial charge in [0.05, 0.1) is 17.7 Å². The number of para-hydroxylation sites is 1. The fourth-order valence-electron chi connectivity index (χ4n) is 3.38. The van der Waals surface area contributed by atoms with Crippen LogP contribution in [0.4, 0.5) is 5.69 Å². The first kappa shape index (κ1) is 19.2. The molecule has 2 heterocycles. The Morgan fingerprint density at radius 3 is 2.83 bits per heavy atom. The first-order valence-corrected chi connectivity index (χ1v) is 10.0. The minimum Gasteiger partial charge on any atom is -0.354 e. The average molecular weight is 455 g/mol. The second-order valence-electron chi connectivity index (χ2n) is 6.83. The molecule has 0 saturated carbocycles. The van der Waals surface area contributed by atoms with E-state index in [1.807, 2.05) is 30.5 Å². The molecule has 0 fully saturated rings. The molecule has 1 aromatic heterocycles. The van der Waals surface area contributed by atoms with Gasteiger partial charge in [-0.2, -0.15) is 0 Å². The maximum atomic E-state index is 12.4. The summed E-state index contributed by atoms with van der Waals surface area (Å²) in [5.41, 5.74) is 1.90. The number of anilines is 1. The summed E-state index contributed by atoms with van der Waals surface area (Å²) in [7, 11) is 0. The number of hydrogen-bond donors (Lipinski definition) is 3. The van der Waals surface area contributed by atoms with E-state index in [1.165, 1.54) is 0 Å². The third-order valence-electron chi connectivity index (χ3n) is 4.85. The molecule has 4 rings (SSSR count). The van der Waals surface area contributed by atoms with Gasteiger partial charge in [0.25, 0.3) is 5.91 Å². The molecule has 0 saturated heterocycles. The summed E-state index contributed by atoms with van der Waals surface area (Å²) in [5, 5.41) is 9.27. The van der Waals surface area contributed by atoms with Crippen LogP contribution >= 0.6 is 15.9 Å². The maximum Gasteiger partial charge on any atom is 0.254 e. The number of hydrogen-bond acceptors (Lipinski definition) is 3. The Hall–Kier alpha value is -3.13. The smallest absolute Gasteiger partial charge is 0.254 e. The van der Waals surface area contributed by atoms with Crippen molar-refractivity contribution in [1.29, 1.82) is 0 Å². The number of halogens is 1. The molecule has 8 heteroatoms. The lowest BCUT2D eigenvalue weighted by molar-refractivity contribution is -0.125. The van der Waals surface area contributed by atoms with Gasteiger partial charge < -0.3 is 20.5 Å². The van der Waals surface area contributed by atoms with Gasteiger partial charge in [-0.1, -0.05) is 34.1 Å². The summed E-state index contributed by atoms with van der Waals surface area (Å²) in [4.78, 5) is 37.0. The number of benzene rings is 2. The first-order chi connectivity index (χ1) is 14.0. The number of nitrogens with zero attached hydrogens (tertiary/aromatic N) is 1. The zero-order valence-electron chi connectivity index (χ0n) is 15.4. The Kier molecular flexibility index (Phi) is 5.35. The normalized spacial score (nSPS) is 16.0. The van der Waals surface area contributed by atoms with Crippen molar-refractivity contribution in [3.05, 3.63) is 64.8 Å². The fourth-order valence-corrected chi connectivity index (χ4v) is 3.73. The highest BCUT2D eigenvalue weighted by Crippen LogP contribution is 2.21. The SMILES string of the molecule is O=C(C[C@H]1NC(=O)c2ccccc2NC1=O)NCCn1ccc2ccc(Br)cc21. The lowest BCUT2D eigenvalue weighted by atomic mass is 10.1. The van der Waals surface area contributed by atoms with E-state index in [9.17, 15) is 14.4 Å². The Bertz CT molecular complexity index is 1110. The van der Waals surface area contributed by atoms with Crippen LogP contribution in [0.25, 0.3) is 10.9 Å². The van der Waals surface area contributed by atoms with Gasteiger partial charge in [-0.3, -0.25) is 14.4 Å². The van der Waals surface area contributed by atoms with Crippen molar-refractivity contribution in [2.45, 2.75) is 19.0 Å². The van der Waals surface area contributed by atoms with Crippen molar-refractivity contribution in [3.8, 4) is 0 Å². The highest BCUT2D eigenvalue weighted by atomic mass is 79.9. The monoisotopic (exact) mass is 454 g/mol. The van der Waals surface area contributed by atoms with Gasteiger partial charge in [-0.25, -0.2) is 0 Å². The molecule has 2 aromatic carbocycles. The summed E-state index contributed by atoms with van der Waals surface area (Å²) in [5.74, 6) is -1.07. The zero-order valence-corrected chi connectivity index (χ0v) is 17.0. The topological polar surface area (TPSA) is 92.2 Å². The Morgan fingerprint density at radius 2 is 1.97 bits per heavy atom. The fraction of sp³-hybridized carbons (Fsp3) is 0.190. The molecule has 1 aliphatic rings. The molecule has 0 aliphatic carbocycles. The minimum absolute atomic E-state index is 0.121. The summed E-state index contributed by atoms with van der Waals surface area (Å²) in [6.07, 6.45) is 1.85. The van der Waals surface area contributed by atoms with Gasteiger partial charge in [-0.15, -0.1) is 0 Å². The lowest BCUT2D eigenvalue weighted by Gasteiger charge is -2.14. The number of fused-ring (bicyclic) bond motifs is 2. The van der Waals surface area contributed by atoms with Gasteiger partial charge in [0.1, 0.15) is 6.04 Å². The highest BCUT2D eigenvalue weighted by molar-refractivity contribution is 9.10. The maximum absolute atomic E-state index is 12.4. The molecular formula is C21H19BrN4O3. The highest BCUT2D eigenvalue weighted by Gasteiger charge is 2.29. The van der Waals surface area contributed by atoms with E-state index in [0.29, 0.717) is 24.3 Å². The van der Waals surface area contributed by atoms with E-state index < -0.39 is 11.9 Å². The molecular weight excluding hydrogens is 436 g/mol. The van der Waals surface area contributed by atoms with Crippen molar-refractivity contribution in [3.63, 3.8) is 0 Å². The van der Waals surface area contributed by atoms with Gasteiger partial charge in [0, 0.05) is 29.3 Å². The molecule has 1 aliphatic heterocycles. The molecule has 0 radical (unpaired) electrons. The molecule has 3 amide bonds. The van der Waals surface area contributed by atoms with Crippen molar-refractivity contribution >= 4 is 50.2 Å². The van der Waals surface area contributed by atoms with Gasteiger partial charge in [0.15, 0.2) is 0 Å². The third-order valence-corrected chi connectivity index (χ3v) is 5.34. The van der Waals surface area contributed by atoms with E-state index in [0.717, 1.165) is 15.4 Å². The molecule has 29 heavy (non-hydrogen) atoms. The molecule has 0 spiro atoms. The Morgan fingerprint density at radius 1 is 1.14 bits per heavy atom. The van der Waals surface area contributed by atoms with Crippen molar-refractivity contribution in [2.24, 2.45) is 0 Å². The minimum atomic E-state index is -0.918. The number of rotatable bonds is 5. The zero-order chi connectivity index (χ0) is 20.4. The molecule has 3 N–H and O–H groups in total. The average Bonchev–Trinajstić information content (AvgIpc) is 3.04. The first-order valence-electron chi connectivity index (χ1n) is 9.23. The molecule has 1 atom stereocenters. The van der Waals surface area contributed by atoms with E-state index >= 15 is 0 Å². The van der Waals surface area contributed by atoms with E-state index in [2.05, 4.69) is 36.4 Å². The van der Waals surface area contributed by atoms with E-state index in [-0.39, 0.29) is 18.2 Å². The molecule has 3 aromatic rings. The number of nitrogens with one attached hydrogen (secondary N) is 3. The summed E-state index contributed by atoms with van der Waals surface area (Å²) >= 11 is 3.47. The summed E-state index contributed by atoms with van der Waals surface area (Å²) in [6, 6.07) is 13.9. The number of aromatic nitrogens is 1. The molecule has 148 valence electrons. The lowest BCUT2D eigenvalue weighted by Crippen LogP contribution is -2.44. The number of carbonyl (C=O) groups excluding carboxylic acids is 3. The second-order valence-corrected chi connectivity index (χ2v) is 7.74. The van der Waals surface area contributed by atoms with Crippen LogP contribution in [-0.4, -0.2) is 34.9 Å². The molecule has 0 unspecified atom stereocenters. The molecule has 7 nitrogen and oxygen atoms in total. The summed E-state index contributed by atoms with van der Waals surface area (Å²) in [6.45, 7) is 1.01. The van der Waals surface area contributed by atoms with Crippen LogP contribution in [0.5, 0.6) is 0 Å². The predicted octanol–water partition coefficient (Wildman–Crippen LogP) is 2.66. The number of amides is 3. The third kappa shape index (κ3) is 4.17. The van der Waals surface area contributed by atoms with Crippen LogP contribution in [0.2, 0.25) is 0 Å². The van der Waals surface area contributed by atoms with Crippen LogP contribution in [0.1, 0.15) is 16.8 Å². The molecule has 0 bridgehead atoms. The Labute approximate surface area is 175 Å². The predicted molar refractivity (Wildman–Crippen MR) is 114 cm³/mol. The number of carbonyl (C=O) groups is 3. The van der Waals surface area contributed by atoms with Crippen molar-refractivity contribution in [2.75, 3.05) is 11.9 Å². The summed E-state index contributed by atoms with van der Waals surface area (Å²) < 4.78 is 3.04. The Balaban J connectivity index is 1.34. The largest absolute Gasteiger partial charge is 0.354 e. The van der Waals surface area contributed by atoms with E-state index in [4.69, 9.17) is 0 Å². The van der Waals surface area contributed by atoms with Crippen molar-refractivity contribution < 1.29 is 14.4 Å². The van der Waals surface area contributed by atoms with Crippen molar-refractivity contribution in [1.82, 2.24) is 15.2 Å². The second kappa shape index (κ2) is 8.08. The quantitative estimate of drug-likeness (QED) is 0.553. The van der Waals surface area contributed by atoms with Crippen LogP contribution in [-0.2, 0) is 16.1 Å². The van der Waals surface area contributed by atoms with Crippen LogP contribution in [0, 0.1) is 0 Å². The standard InChI is InChI=1S/C21H19BrN4O3/c22-14-6-5-13-7-9-26(18(13)11-14)10-8-23-19(27)12-17-21(29)24-16-4-2-1-3-15(16)20(28)25-17/h1-7,9,11,17H,8,10,12H2,(H,23,27)(H,24,29)(H,25,28)/t17-/m1/s1. The van der Waals surface area contributed by atoms with Crippen LogP contribution in [0.15, 0.2) is 59.2 Å². The van der Waals surface area contributed by atoms with Gasteiger partial charge in [0.2, 0.25) is 11.8 Å². The van der Waals surface area contributed by atoms with Gasteiger partial charge in [-0.05, 0) is 35.7 Å². The van der Waals surface area contributed by atoms with Gasteiger partial charge >= 0.3 is 0 Å².